The number of sulfonamides is 1. The van der Waals surface area contributed by atoms with Crippen LogP contribution in [0.4, 0.5) is 11.4 Å². The Kier molecular flexibility index (Phi) is 6.76. The lowest BCUT2D eigenvalue weighted by Gasteiger charge is -2.08. The highest BCUT2D eigenvalue weighted by molar-refractivity contribution is 9.10. The first-order valence-electron chi connectivity index (χ1n) is 7.64. The quantitative estimate of drug-likeness (QED) is 0.616. The van der Waals surface area contributed by atoms with Gasteiger partial charge < -0.3 is 10.6 Å². The van der Waals surface area contributed by atoms with Crippen LogP contribution in [0.2, 0.25) is 0 Å². The zero-order chi connectivity index (χ0) is 19.2. The molecule has 0 spiro atoms. The third kappa shape index (κ3) is 6.85. The maximum atomic E-state index is 11.9. The molecule has 0 atom stereocenters. The van der Waals surface area contributed by atoms with Crippen LogP contribution < -0.4 is 15.4 Å². The van der Waals surface area contributed by atoms with E-state index < -0.39 is 10.0 Å². The number of hydrogen-bond acceptors (Lipinski definition) is 4. The van der Waals surface area contributed by atoms with E-state index in [-0.39, 0.29) is 24.8 Å². The van der Waals surface area contributed by atoms with Crippen molar-refractivity contribution >= 4 is 49.1 Å². The number of benzene rings is 2. The minimum absolute atomic E-state index is 0.117. The van der Waals surface area contributed by atoms with Gasteiger partial charge in [-0.1, -0.05) is 15.9 Å². The van der Waals surface area contributed by atoms with Gasteiger partial charge in [0.25, 0.3) is 5.91 Å². The van der Waals surface area contributed by atoms with E-state index in [1.165, 1.54) is 0 Å². The summed E-state index contributed by atoms with van der Waals surface area (Å²) in [6.45, 7) is 0.203. The number of rotatable bonds is 7. The van der Waals surface area contributed by atoms with Crippen LogP contribution in [-0.4, -0.2) is 33.0 Å². The Morgan fingerprint density at radius 2 is 1.54 bits per heavy atom. The number of amides is 2. The van der Waals surface area contributed by atoms with Gasteiger partial charge in [0, 0.05) is 34.4 Å². The molecule has 0 aliphatic heterocycles. The Hall–Kier alpha value is -2.39. The van der Waals surface area contributed by atoms with Crippen molar-refractivity contribution in [1.29, 1.82) is 0 Å². The first-order chi connectivity index (χ1) is 12.2. The maximum Gasteiger partial charge on any atom is 0.251 e. The van der Waals surface area contributed by atoms with Crippen molar-refractivity contribution in [3.63, 3.8) is 0 Å². The van der Waals surface area contributed by atoms with E-state index in [1.54, 1.807) is 48.5 Å². The highest BCUT2D eigenvalue weighted by atomic mass is 79.9. The fraction of sp³-hybridized carbons (Fsp3) is 0.176. The summed E-state index contributed by atoms with van der Waals surface area (Å²) in [6, 6.07) is 13.2. The van der Waals surface area contributed by atoms with Gasteiger partial charge in [0.15, 0.2) is 0 Å². The molecule has 0 saturated heterocycles. The largest absolute Gasteiger partial charge is 0.352 e. The zero-order valence-corrected chi connectivity index (χ0v) is 16.4. The smallest absolute Gasteiger partial charge is 0.251 e. The van der Waals surface area contributed by atoms with Crippen molar-refractivity contribution in [3.8, 4) is 0 Å². The van der Waals surface area contributed by atoms with Crippen LogP contribution in [0.1, 0.15) is 16.8 Å². The highest BCUT2D eigenvalue weighted by Crippen LogP contribution is 2.14. The predicted octanol–water partition coefficient (Wildman–Crippen LogP) is 2.58. The fourth-order valence-corrected chi connectivity index (χ4v) is 2.88. The molecule has 9 heteroatoms. The summed E-state index contributed by atoms with van der Waals surface area (Å²) in [7, 11) is -3.34. The van der Waals surface area contributed by atoms with Crippen LogP contribution in [0.5, 0.6) is 0 Å². The Balaban J connectivity index is 1.78. The lowest BCUT2D eigenvalue weighted by Crippen LogP contribution is -2.27. The van der Waals surface area contributed by atoms with Gasteiger partial charge in [-0.3, -0.25) is 14.3 Å². The summed E-state index contributed by atoms with van der Waals surface area (Å²) in [6.07, 6.45) is 1.18. The van der Waals surface area contributed by atoms with Crippen LogP contribution >= 0.6 is 15.9 Å². The Morgan fingerprint density at radius 3 is 2.12 bits per heavy atom. The number of anilines is 2. The third-order valence-corrected chi connectivity index (χ3v) is 4.35. The molecule has 0 unspecified atom stereocenters. The van der Waals surface area contributed by atoms with Crippen molar-refractivity contribution in [2.45, 2.75) is 6.42 Å². The molecule has 0 aliphatic carbocycles. The molecule has 3 N–H and O–H groups in total. The molecular formula is C17H18BrN3O4S. The van der Waals surface area contributed by atoms with Crippen molar-refractivity contribution < 1.29 is 18.0 Å². The van der Waals surface area contributed by atoms with Gasteiger partial charge in [0.05, 0.1) is 6.26 Å². The molecule has 138 valence electrons. The molecule has 26 heavy (non-hydrogen) atoms. The van der Waals surface area contributed by atoms with Crippen molar-refractivity contribution in [2.24, 2.45) is 0 Å². The molecular weight excluding hydrogens is 422 g/mol. The van der Waals surface area contributed by atoms with E-state index in [4.69, 9.17) is 0 Å². The standard InChI is InChI=1S/C17H18BrN3O4S/c1-26(24,25)21-15-8-6-14(7-9-15)20-16(22)10-11-19-17(23)12-2-4-13(18)5-3-12/h2-9,21H,10-11H2,1H3,(H,19,23)(H,20,22). The van der Waals surface area contributed by atoms with E-state index in [1.807, 2.05) is 0 Å². The molecule has 0 bridgehead atoms. The minimum atomic E-state index is -3.34. The maximum absolute atomic E-state index is 11.9. The van der Waals surface area contributed by atoms with Crippen LogP contribution in [0.25, 0.3) is 0 Å². The van der Waals surface area contributed by atoms with E-state index in [2.05, 4.69) is 31.3 Å². The lowest BCUT2D eigenvalue weighted by atomic mass is 10.2. The summed E-state index contributed by atoms with van der Waals surface area (Å²) < 4.78 is 25.5. The normalized spacial score (nSPS) is 10.8. The zero-order valence-electron chi connectivity index (χ0n) is 14.0. The predicted molar refractivity (Wildman–Crippen MR) is 105 cm³/mol. The van der Waals surface area contributed by atoms with Crippen molar-refractivity contribution in [3.05, 3.63) is 58.6 Å². The van der Waals surface area contributed by atoms with E-state index in [0.29, 0.717) is 16.9 Å². The average molecular weight is 440 g/mol. The third-order valence-electron chi connectivity index (χ3n) is 3.22. The van der Waals surface area contributed by atoms with E-state index in [0.717, 1.165) is 10.7 Å². The summed E-state index contributed by atoms with van der Waals surface area (Å²) in [5.41, 5.74) is 1.46. The van der Waals surface area contributed by atoms with Gasteiger partial charge in [0.1, 0.15) is 0 Å². The first-order valence-corrected chi connectivity index (χ1v) is 10.3. The Morgan fingerprint density at radius 1 is 0.962 bits per heavy atom. The van der Waals surface area contributed by atoms with Gasteiger partial charge in [-0.25, -0.2) is 8.42 Å². The van der Waals surface area contributed by atoms with Crippen LogP contribution in [-0.2, 0) is 14.8 Å². The molecule has 0 fully saturated rings. The van der Waals surface area contributed by atoms with Crippen LogP contribution in [0.15, 0.2) is 53.0 Å². The van der Waals surface area contributed by atoms with Gasteiger partial charge in [-0.15, -0.1) is 0 Å². The molecule has 0 radical (unpaired) electrons. The topological polar surface area (TPSA) is 104 Å². The number of carbonyl (C=O) groups is 2. The molecule has 7 nitrogen and oxygen atoms in total. The lowest BCUT2D eigenvalue weighted by molar-refractivity contribution is -0.116. The Labute approximate surface area is 160 Å². The summed E-state index contributed by atoms with van der Waals surface area (Å²) in [5.74, 6) is -0.508. The van der Waals surface area contributed by atoms with Crippen LogP contribution in [0.3, 0.4) is 0 Å². The van der Waals surface area contributed by atoms with Crippen molar-refractivity contribution in [1.82, 2.24) is 5.32 Å². The van der Waals surface area contributed by atoms with E-state index >= 15 is 0 Å². The minimum Gasteiger partial charge on any atom is -0.352 e. The monoisotopic (exact) mass is 439 g/mol. The number of carbonyl (C=O) groups excluding carboxylic acids is 2. The average Bonchev–Trinajstić information content (AvgIpc) is 2.56. The highest BCUT2D eigenvalue weighted by Gasteiger charge is 2.07. The summed E-state index contributed by atoms with van der Waals surface area (Å²) in [5, 5.41) is 5.36. The molecule has 0 aromatic heterocycles. The molecule has 2 aromatic rings. The molecule has 0 aliphatic rings. The molecule has 0 saturated carbocycles. The second-order valence-electron chi connectivity index (χ2n) is 5.51. The fourth-order valence-electron chi connectivity index (χ4n) is 2.05. The first kappa shape index (κ1) is 19.9. The second kappa shape index (κ2) is 8.81. The number of nitrogens with one attached hydrogen (secondary N) is 3. The number of hydrogen-bond donors (Lipinski definition) is 3. The Bertz CT molecular complexity index is 881. The number of halogens is 1. The summed E-state index contributed by atoms with van der Waals surface area (Å²) >= 11 is 3.30. The molecule has 2 aromatic carbocycles. The van der Waals surface area contributed by atoms with Crippen LogP contribution in [0, 0.1) is 0 Å². The van der Waals surface area contributed by atoms with E-state index in [9.17, 15) is 18.0 Å². The molecule has 2 rings (SSSR count). The van der Waals surface area contributed by atoms with Gasteiger partial charge >= 0.3 is 0 Å². The molecule has 0 heterocycles. The van der Waals surface area contributed by atoms with Gasteiger partial charge in [-0.2, -0.15) is 0 Å². The molecule has 2 amide bonds. The summed E-state index contributed by atoms with van der Waals surface area (Å²) in [4.78, 5) is 23.8. The van der Waals surface area contributed by atoms with Crippen molar-refractivity contribution in [2.75, 3.05) is 22.8 Å². The SMILES string of the molecule is CS(=O)(=O)Nc1ccc(NC(=O)CCNC(=O)c2ccc(Br)cc2)cc1. The second-order valence-corrected chi connectivity index (χ2v) is 8.18. The van der Waals surface area contributed by atoms with Gasteiger partial charge in [0.2, 0.25) is 15.9 Å². The van der Waals surface area contributed by atoms with Gasteiger partial charge in [-0.05, 0) is 48.5 Å².